The van der Waals surface area contributed by atoms with Crippen LogP contribution >= 0.6 is 11.6 Å². The Morgan fingerprint density at radius 2 is 2.05 bits per heavy atom. The van der Waals surface area contributed by atoms with E-state index in [2.05, 4.69) is 15.3 Å². The largest absolute Gasteiger partial charge is 0.423 e. The van der Waals surface area contributed by atoms with Gasteiger partial charge in [0.1, 0.15) is 5.82 Å². The smallest absolute Gasteiger partial charge is 0.321 e. The second-order valence-corrected chi connectivity index (χ2v) is 3.98. The zero-order chi connectivity index (χ0) is 13.8. The summed E-state index contributed by atoms with van der Waals surface area (Å²) in [5.41, 5.74) is -0.0252. The highest BCUT2D eigenvalue weighted by Gasteiger charge is 2.12. The summed E-state index contributed by atoms with van der Waals surface area (Å²) in [6.45, 7) is 1.27. The Bertz CT molecular complexity index is 607. The van der Waals surface area contributed by atoms with Gasteiger partial charge in [-0.2, -0.15) is 0 Å². The summed E-state index contributed by atoms with van der Waals surface area (Å²) in [7, 11) is 0. The van der Waals surface area contributed by atoms with Crippen molar-refractivity contribution >= 4 is 23.2 Å². The number of nitrogens with zero attached hydrogens (tertiary/aromatic N) is 2. The van der Waals surface area contributed by atoms with Crippen LogP contribution < -0.4 is 10.1 Å². The predicted octanol–water partition coefficient (Wildman–Crippen LogP) is 3.02. The highest BCUT2D eigenvalue weighted by Crippen LogP contribution is 2.32. The summed E-state index contributed by atoms with van der Waals surface area (Å²) < 4.78 is 18.9. The van der Waals surface area contributed by atoms with E-state index in [0.717, 1.165) is 6.07 Å². The molecule has 0 saturated carbocycles. The second kappa shape index (κ2) is 5.62. The molecule has 7 heteroatoms. The Morgan fingerprint density at radius 3 is 2.68 bits per heavy atom. The van der Waals surface area contributed by atoms with Crippen LogP contribution in [0.25, 0.3) is 0 Å². The number of aromatic nitrogens is 2. The third kappa shape index (κ3) is 3.38. The number of hydrogen-bond donors (Lipinski definition) is 1. The molecule has 1 N–H and O–H groups in total. The fourth-order valence-corrected chi connectivity index (χ4v) is 1.52. The van der Waals surface area contributed by atoms with Gasteiger partial charge >= 0.3 is 6.01 Å². The van der Waals surface area contributed by atoms with Gasteiger partial charge in [0.05, 0.1) is 10.7 Å². The van der Waals surface area contributed by atoms with E-state index in [9.17, 15) is 9.18 Å². The van der Waals surface area contributed by atoms with E-state index in [4.69, 9.17) is 16.3 Å². The first-order valence-electron chi connectivity index (χ1n) is 5.28. The number of ether oxygens (including phenoxy) is 1. The normalized spacial score (nSPS) is 10.1. The molecule has 0 aliphatic carbocycles. The van der Waals surface area contributed by atoms with Crippen LogP contribution in [0.5, 0.6) is 11.8 Å². The van der Waals surface area contributed by atoms with Crippen molar-refractivity contribution in [2.24, 2.45) is 0 Å². The van der Waals surface area contributed by atoms with Crippen molar-refractivity contribution in [1.82, 2.24) is 9.97 Å². The number of rotatable bonds is 3. The topological polar surface area (TPSA) is 64.1 Å². The molecule has 0 saturated heterocycles. The summed E-state index contributed by atoms with van der Waals surface area (Å²) in [5, 5.41) is 2.39. The van der Waals surface area contributed by atoms with E-state index in [1.165, 1.54) is 25.4 Å². The zero-order valence-corrected chi connectivity index (χ0v) is 10.6. The first kappa shape index (κ1) is 13.2. The third-order valence-electron chi connectivity index (χ3n) is 2.08. The zero-order valence-electron chi connectivity index (χ0n) is 9.85. The fourth-order valence-electron chi connectivity index (χ4n) is 1.33. The van der Waals surface area contributed by atoms with Gasteiger partial charge in [0.25, 0.3) is 0 Å². The third-order valence-corrected chi connectivity index (χ3v) is 2.37. The summed E-state index contributed by atoms with van der Waals surface area (Å²) >= 11 is 5.85. The van der Waals surface area contributed by atoms with Gasteiger partial charge in [-0.05, 0) is 12.1 Å². The monoisotopic (exact) mass is 281 g/mol. The maximum Gasteiger partial charge on any atom is 0.321 e. The minimum atomic E-state index is -0.651. The van der Waals surface area contributed by atoms with E-state index in [1.54, 1.807) is 6.07 Å². The van der Waals surface area contributed by atoms with Crippen LogP contribution in [-0.4, -0.2) is 15.9 Å². The van der Waals surface area contributed by atoms with Gasteiger partial charge in [-0.15, -0.1) is 0 Å². The van der Waals surface area contributed by atoms with E-state index in [1.807, 2.05) is 0 Å². The first-order chi connectivity index (χ1) is 9.06. The number of carbonyl (C=O) groups excluding carboxylic acids is 1. The van der Waals surface area contributed by atoms with Gasteiger partial charge in [0, 0.05) is 25.4 Å². The molecule has 1 aromatic carbocycles. The molecule has 19 heavy (non-hydrogen) atoms. The standard InChI is InChI=1S/C12H9ClFN3O2/c1-7(18)17-10-6-11(8(13)5-9(10)14)19-12-15-3-2-4-16-12/h2-6H,1H3,(H,17,18). The molecule has 2 aromatic rings. The average molecular weight is 282 g/mol. The molecule has 0 spiro atoms. The van der Waals surface area contributed by atoms with Gasteiger partial charge in [-0.25, -0.2) is 14.4 Å². The van der Waals surface area contributed by atoms with Crippen molar-refractivity contribution < 1.29 is 13.9 Å². The minimum Gasteiger partial charge on any atom is -0.423 e. The summed E-state index contributed by atoms with van der Waals surface area (Å²) in [6.07, 6.45) is 2.99. The highest BCUT2D eigenvalue weighted by molar-refractivity contribution is 6.32. The quantitative estimate of drug-likeness (QED) is 0.939. The average Bonchev–Trinajstić information content (AvgIpc) is 2.36. The van der Waals surface area contributed by atoms with Gasteiger partial charge in [0.2, 0.25) is 5.91 Å². The summed E-state index contributed by atoms with van der Waals surface area (Å²) in [6, 6.07) is 4.02. The van der Waals surface area contributed by atoms with Crippen LogP contribution in [0, 0.1) is 5.82 Å². The Morgan fingerprint density at radius 1 is 1.37 bits per heavy atom. The molecule has 0 radical (unpaired) electrons. The van der Waals surface area contributed by atoms with Crippen molar-refractivity contribution in [2.75, 3.05) is 5.32 Å². The van der Waals surface area contributed by atoms with Crippen LogP contribution in [-0.2, 0) is 4.79 Å². The van der Waals surface area contributed by atoms with Gasteiger partial charge in [-0.1, -0.05) is 11.6 Å². The van der Waals surface area contributed by atoms with Crippen LogP contribution in [0.4, 0.5) is 10.1 Å². The van der Waals surface area contributed by atoms with E-state index in [-0.39, 0.29) is 22.5 Å². The molecule has 98 valence electrons. The lowest BCUT2D eigenvalue weighted by Crippen LogP contribution is -2.07. The highest BCUT2D eigenvalue weighted by atomic mass is 35.5. The number of carbonyl (C=O) groups is 1. The molecule has 5 nitrogen and oxygen atoms in total. The van der Waals surface area contributed by atoms with Crippen molar-refractivity contribution in [3.8, 4) is 11.8 Å². The lowest BCUT2D eigenvalue weighted by atomic mass is 10.3. The fraction of sp³-hybridized carbons (Fsp3) is 0.0833. The maximum atomic E-state index is 13.5. The van der Waals surface area contributed by atoms with Crippen molar-refractivity contribution in [2.45, 2.75) is 6.92 Å². The molecule has 0 fully saturated rings. The van der Waals surface area contributed by atoms with Crippen LogP contribution in [0.3, 0.4) is 0 Å². The number of amides is 1. The number of hydrogen-bond acceptors (Lipinski definition) is 4. The van der Waals surface area contributed by atoms with Gasteiger partial charge < -0.3 is 10.1 Å². The molecule has 0 unspecified atom stereocenters. The molecular formula is C12H9ClFN3O2. The number of nitrogens with one attached hydrogen (secondary N) is 1. The molecule has 1 amide bonds. The van der Waals surface area contributed by atoms with Crippen LogP contribution in [0.2, 0.25) is 5.02 Å². The minimum absolute atomic E-state index is 0.0252. The number of anilines is 1. The second-order valence-electron chi connectivity index (χ2n) is 3.58. The first-order valence-corrected chi connectivity index (χ1v) is 5.65. The molecule has 1 aromatic heterocycles. The molecule has 0 bridgehead atoms. The van der Waals surface area contributed by atoms with Crippen molar-refractivity contribution in [1.29, 1.82) is 0 Å². The lowest BCUT2D eigenvalue weighted by Gasteiger charge is -2.09. The van der Waals surface area contributed by atoms with Crippen LogP contribution in [0.1, 0.15) is 6.92 Å². The molecule has 0 atom stereocenters. The Kier molecular flexibility index (Phi) is 3.91. The summed E-state index contributed by atoms with van der Waals surface area (Å²) in [5.74, 6) is -0.900. The Hall–Kier alpha value is -2.21. The van der Waals surface area contributed by atoms with E-state index >= 15 is 0 Å². The molecular weight excluding hydrogens is 273 g/mol. The molecule has 2 rings (SSSR count). The predicted molar refractivity (Wildman–Crippen MR) is 67.8 cm³/mol. The summed E-state index contributed by atoms with van der Waals surface area (Å²) in [4.78, 5) is 18.7. The van der Waals surface area contributed by atoms with E-state index < -0.39 is 11.7 Å². The Balaban J connectivity index is 2.32. The molecule has 0 aliphatic rings. The van der Waals surface area contributed by atoms with E-state index in [0.29, 0.717) is 0 Å². The van der Waals surface area contributed by atoms with Crippen molar-refractivity contribution in [3.05, 3.63) is 41.4 Å². The number of halogens is 2. The Labute approximate surface area is 113 Å². The molecule has 1 heterocycles. The van der Waals surface area contributed by atoms with Gasteiger partial charge in [-0.3, -0.25) is 4.79 Å². The van der Waals surface area contributed by atoms with Gasteiger partial charge in [0.15, 0.2) is 5.75 Å². The SMILES string of the molecule is CC(=O)Nc1cc(Oc2ncccn2)c(Cl)cc1F. The molecule has 0 aliphatic heterocycles. The van der Waals surface area contributed by atoms with Crippen molar-refractivity contribution in [3.63, 3.8) is 0 Å². The lowest BCUT2D eigenvalue weighted by molar-refractivity contribution is -0.114. The van der Waals surface area contributed by atoms with Crippen LogP contribution in [0.15, 0.2) is 30.6 Å². The maximum absolute atomic E-state index is 13.5. The number of benzene rings is 1.